The SMILES string of the molecule is CNc1ncnc(N(Cc2ccccc2)Cc2ccccc2)c1C. The predicted octanol–water partition coefficient (Wildman–Crippen LogP) is 4.03. The van der Waals surface area contributed by atoms with E-state index in [2.05, 4.69) is 75.6 Å². The molecule has 4 heteroatoms. The zero-order valence-corrected chi connectivity index (χ0v) is 14.1. The molecule has 3 aromatic rings. The van der Waals surface area contributed by atoms with Gasteiger partial charge in [-0.2, -0.15) is 0 Å². The van der Waals surface area contributed by atoms with E-state index in [0.29, 0.717) is 0 Å². The fourth-order valence-electron chi connectivity index (χ4n) is 2.82. The Morgan fingerprint density at radius 2 is 1.38 bits per heavy atom. The molecule has 0 aliphatic heterocycles. The summed E-state index contributed by atoms with van der Waals surface area (Å²) in [5.41, 5.74) is 3.58. The second-order valence-corrected chi connectivity index (χ2v) is 5.75. The zero-order chi connectivity index (χ0) is 16.8. The highest BCUT2D eigenvalue weighted by atomic mass is 15.2. The topological polar surface area (TPSA) is 41.1 Å². The molecule has 0 amide bonds. The summed E-state index contributed by atoms with van der Waals surface area (Å²) in [7, 11) is 1.89. The minimum Gasteiger partial charge on any atom is -0.373 e. The number of nitrogens with one attached hydrogen (secondary N) is 1. The maximum Gasteiger partial charge on any atom is 0.137 e. The van der Waals surface area contributed by atoms with Crippen molar-refractivity contribution in [3.8, 4) is 0 Å². The van der Waals surface area contributed by atoms with Crippen molar-refractivity contribution in [2.24, 2.45) is 0 Å². The molecule has 3 rings (SSSR count). The third-order valence-electron chi connectivity index (χ3n) is 4.03. The van der Waals surface area contributed by atoms with Crippen molar-refractivity contribution in [2.45, 2.75) is 20.0 Å². The van der Waals surface area contributed by atoms with Gasteiger partial charge in [-0.25, -0.2) is 9.97 Å². The molecule has 0 saturated heterocycles. The lowest BCUT2D eigenvalue weighted by atomic mass is 10.1. The average Bonchev–Trinajstić information content (AvgIpc) is 2.63. The normalized spacial score (nSPS) is 10.4. The Balaban J connectivity index is 1.95. The predicted molar refractivity (Wildman–Crippen MR) is 99.1 cm³/mol. The minimum absolute atomic E-state index is 0.802. The first-order valence-corrected chi connectivity index (χ1v) is 8.10. The van der Waals surface area contributed by atoms with E-state index in [1.54, 1.807) is 6.33 Å². The molecule has 1 aromatic heterocycles. The molecular weight excluding hydrogens is 296 g/mol. The van der Waals surface area contributed by atoms with Crippen LogP contribution in [0.2, 0.25) is 0 Å². The van der Waals surface area contributed by atoms with Gasteiger partial charge < -0.3 is 10.2 Å². The lowest BCUT2D eigenvalue weighted by Crippen LogP contribution is -2.24. The summed E-state index contributed by atoms with van der Waals surface area (Å²) in [4.78, 5) is 11.2. The Labute approximate surface area is 143 Å². The van der Waals surface area contributed by atoms with Crippen molar-refractivity contribution < 1.29 is 0 Å². The van der Waals surface area contributed by atoms with Gasteiger partial charge in [-0.15, -0.1) is 0 Å². The summed E-state index contributed by atoms with van der Waals surface area (Å²) >= 11 is 0. The van der Waals surface area contributed by atoms with Crippen LogP contribution in [0.25, 0.3) is 0 Å². The summed E-state index contributed by atoms with van der Waals surface area (Å²) < 4.78 is 0. The number of rotatable bonds is 6. The summed E-state index contributed by atoms with van der Waals surface area (Å²) in [5, 5.41) is 3.14. The van der Waals surface area contributed by atoms with Gasteiger partial charge in [-0.3, -0.25) is 0 Å². The van der Waals surface area contributed by atoms with Crippen LogP contribution in [0.3, 0.4) is 0 Å². The van der Waals surface area contributed by atoms with E-state index >= 15 is 0 Å². The molecule has 0 bridgehead atoms. The fraction of sp³-hybridized carbons (Fsp3) is 0.200. The van der Waals surface area contributed by atoms with E-state index in [4.69, 9.17) is 0 Å². The molecule has 0 aliphatic carbocycles. The fourth-order valence-corrected chi connectivity index (χ4v) is 2.82. The van der Waals surface area contributed by atoms with E-state index in [9.17, 15) is 0 Å². The van der Waals surface area contributed by atoms with Crippen LogP contribution in [0.4, 0.5) is 11.6 Å². The molecule has 0 atom stereocenters. The van der Waals surface area contributed by atoms with Crippen molar-refractivity contribution in [1.82, 2.24) is 9.97 Å². The number of nitrogens with zero attached hydrogens (tertiary/aromatic N) is 3. The standard InChI is InChI=1S/C20H22N4/c1-16-19(21-2)22-15-23-20(16)24(13-17-9-5-3-6-10-17)14-18-11-7-4-8-12-18/h3-12,15H,13-14H2,1-2H3,(H,21,22,23). The first kappa shape index (κ1) is 16.0. The molecule has 1 heterocycles. The maximum atomic E-state index is 4.55. The van der Waals surface area contributed by atoms with E-state index in [-0.39, 0.29) is 0 Å². The first-order valence-electron chi connectivity index (χ1n) is 8.10. The van der Waals surface area contributed by atoms with Crippen LogP contribution >= 0.6 is 0 Å². The van der Waals surface area contributed by atoms with Crippen LogP contribution in [-0.2, 0) is 13.1 Å². The summed E-state index contributed by atoms with van der Waals surface area (Å²) in [5.74, 6) is 1.83. The van der Waals surface area contributed by atoms with Crippen LogP contribution in [0.1, 0.15) is 16.7 Å². The molecule has 0 aliphatic rings. The number of hydrogen-bond donors (Lipinski definition) is 1. The number of benzene rings is 2. The average molecular weight is 318 g/mol. The third-order valence-corrected chi connectivity index (χ3v) is 4.03. The highest BCUT2D eigenvalue weighted by molar-refractivity contribution is 5.58. The lowest BCUT2D eigenvalue weighted by Gasteiger charge is -2.26. The minimum atomic E-state index is 0.802. The lowest BCUT2D eigenvalue weighted by molar-refractivity contribution is 0.776. The molecular formula is C20H22N4. The van der Waals surface area contributed by atoms with Crippen molar-refractivity contribution in [3.05, 3.63) is 83.7 Å². The molecule has 4 nitrogen and oxygen atoms in total. The van der Waals surface area contributed by atoms with Gasteiger partial charge in [0.05, 0.1) is 0 Å². The highest BCUT2D eigenvalue weighted by Gasteiger charge is 2.15. The van der Waals surface area contributed by atoms with Gasteiger partial charge in [0, 0.05) is 25.7 Å². The van der Waals surface area contributed by atoms with E-state index in [0.717, 1.165) is 30.3 Å². The molecule has 0 unspecified atom stereocenters. The van der Waals surface area contributed by atoms with Crippen LogP contribution in [0.5, 0.6) is 0 Å². The Hall–Kier alpha value is -2.88. The van der Waals surface area contributed by atoms with E-state index < -0.39 is 0 Å². The third kappa shape index (κ3) is 3.71. The Morgan fingerprint density at radius 1 is 0.833 bits per heavy atom. The van der Waals surface area contributed by atoms with Gasteiger partial charge in [0.2, 0.25) is 0 Å². The maximum absolute atomic E-state index is 4.55. The van der Waals surface area contributed by atoms with Crippen molar-refractivity contribution >= 4 is 11.6 Å². The van der Waals surface area contributed by atoms with Gasteiger partial charge in [0.15, 0.2) is 0 Å². The van der Waals surface area contributed by atoms with Gasteiger partial charge in [-0.1, -0.05) is 60.7 Å². The van der Waals surface area contributed by atoms with Crippen molar-refractivity contribution in [2.75, 3.05) is 17.3 Å². The van der Waals surface area contributed by atoms with Gasteiger partial charge in [-0.05, 0) is 18.1 Å². The molecule has 24 heavy (non-hydrogen) atoms. The van der Waals surface area contributed by atoms with Gasteiger partial charge in [0.25, 0.3) is 0 Å². The second kappa shape index (κ2) is 7.59. The summed E-state index contributed by atoms with van der Waals surface area (Å²) in [6.45, 7) is 3.66. The number of hydrogen-bond acceptors (Lipinski definition) is 4. The quantitative estimate of drug-likeness (QED) is 0.745. The van der Waals surface area contributed by atoms with Crippen LogP contribution in [0, 0.1) is 6.92 Å². The molecule has 2 aromatic carbocycles. The van der Waals surface area contributed by atoms with E-state index in [1.165, 1.54) is 11.1 Å². The number of aromatic nitrogens is 2. The molecule has 1 N–H and O–H groups in total. The Morgan fingerprint density at radius 3 is 1.88 bits per heavy atom. The van der Waals surface area contributed by atoms with Crippen LogP contribution in [0.15, 0.2) is 67.0 Å². The largest absolute Gasteiger partial charge is 0.373 e. The molecule has 0 spiro atoms. The van der Waals surface area contributed by atoms with E-state index in [1.807, 2.05) is 19.2 Å². The van der Waals surface area contributed by atoms with Crippen LogP contribution < -0.4 is 10.2 Å². The molecule has 122 valence electrons. The monoisotopic (exact) mass is 318 g/mol. The molecule has 0 fully saturated rings. The summed E-state index contributed by atoms with van der Waals surface area (Å²) in [6, 6.07) is 21.0. The molecule has 0 radical (unpaired) electrons. The highest BCUT2D eigenvalue weighted by Crippen LogP contribution is 2.25. The smallest absolute Gasteiger partial charge is 0.137 e. The Kier molecular flexibility index (Phi) is 5.06. The van der Waals surface area contributed by atoms with Gasteiger partial charge >= 0.3 is 0 Å². The Bertz CT molecular complexity index is 731. The van der Waals surface area contributed by atoms with Crippen molar-refractivity contribution in [3.63, 3.8) is 0 Å². The van der Waals surface area contributed by atoms with Crippen molar-refractivity contribution in [1.29, 1.82) is 0 Å². The van der Waals surface area contributed by atoms with Gasteiger partial charge in [0.1, 0.15) is 18.0 Å². The van der Waals surface area contributed by atoms with Crippen LogP contribution in [-0.4, -0.2) is 17.0 Å². The first-order chi connectivity index (χ1) is 11.8. The second-order valence-electron chi connectivity index (χ2n) is 5.75. The number of anilines is 2. The molecule has 0 saturated carbocycles. The summed E-state index contributed by atoms with van der Waals surface area (Å²) in [6.07, 6.45) is 1.62. The zero-order valence-electron chi connectivity index (χ0n) is 14.1.